The fourth-order valence-corrected chi connectivity index (χ4v) is 2.48. The average molecular weight is 263 g/mol. The Morgan fingerprint density at radius 2 is 1.85 bits per heavy atom. The second kappa shape index (κ2) is 3.80. The lowest BCUT2D eigenvalue weighted by Crippen LogP contribution is -2.07. The zero-order valence-electron chi connectivity index (χ0n) is 7.49. The zero-order chi connectivity index (χ0) is 10.1. The molecule has 1 atom stereocenters. The van der Waals surface area contributed by atoms with Gasteiger partial charge in [0.05, 0.1) is 5.25 Å². The van der Waals surface area contributed by atoms with E-state index in [-0.39, 0.29) is 0 Å². The van der Waals surface area contributed by atoms with Crippen LogP contribution in [0.5, 0.6) is 0 Å². The molecule has 0 saturated heterocycles. The molecule has 1 rings (SSSR count). The molecule has 0 aliphatic heterocycles. The van der Waals surface area contributed by atoms with E-state index in [0.717, 1.165) is 10.0 Å². The molecule has 1 aromatic rings. The molecule has 72 valence electrons. The highest BCUT2D eigenvalue weighted by Crippen LogP contribution is 2.27. The summed E-state index contributed by atoms with van der Waals surface area (Å²) >= 11 is 3.32. The second-order valence-corrected chi connectivity index (χ2v) is 6.21. The molecule has 0 spiro atoms. The van der Waals surface area contributed by atoms with Gasteiger partial charge < -0.3 is 0 Å². The molecule has 0 radical (unpaired) electrons. The minimum Gasteiger partial charge on any atom is -0.229 e. The summed E-state index contributed by atoms with van der Waals surface area (Å²) in [6, 6.07) is 7.36. The quantitative estimate of drug-likeness (QED) is 0.821. The van der Waals surface area contributed by atoms with E-state index in [4.69, 9.17) is 0 Å². The molecule has 1 aromatic carbocycles. The Balaban J connectivity index is 3.17. The maximum Gasteiger partial charge on any atom is 0.154 e. The van der Waals surface area contributed by atoms with Gasteiger partial charge in [0.15, 0.2) is 9.84 Å². The SMILES string of the molecule is CC(c1ccccc1Br)S(C)(=O)=O. The summed E-state index contributed by atoms with van der Waals surface area (Å²) in [6.45, 7) is 1.69. The van der Waals surface area contributed by atoms with Gasteiger partial charge in [0, 0.05) is 10.7 Å². The van der Waals surface area contributed by atoms with Crippen molar-refractivity contribution >= 4 is 25.8 Å². The third-order valence-electron chi connectivity index (χ3n) is 1.99. The average Bonchev–Trinajstić information content (AvgIpc) is 2.02. The van der Waals surface area contributed by atoms with Crippen LogP contribution in [0.25, 0.3) is 0 Å². The van der Waals surface area contributed by atoms with E-state index in [0.29, 0.717) is 0 Å². The van der Waals surface area contributed by atoms with Gasteiger partial charge in [-0.2, -0.15) is 0 Å². The van der Waals surface area contributed by atoms with Gasteiger partial charge in [-0.1, -0.05) is 34.1 Å². The Morgan fingerprint density at radius 1 is 1.31 bits per heavy atom. The molecule has 0 N–H and O–H groups in total. The van der Waals surface area contributed by atoms with Crippen molar-refractivity contribution in [2.24, 2.45) is 0 Å². The molecular weight excluding hydrogens is 252 g/mol. The van der Waals surface area contributed by atoms with Crippen molar-refractivity contribution in [2.45, 2.75) is 12.2 Å². The van der Waals surface area contributed by atoms with Gasteiger partial charge >= 0.3 is 0 Å². The van der Waals surface area contributed by atoms with E-state index in [1.54, 1.807) is 6.92 Å². The van der Waals surface area contributed by atoms with Crippen LogP contribution in [0.3, 0.4) is 0 Å². The predicted molar refractivity (Wildman–Crippen MR) is 57.4 cm³/mol. The molecule has 0 aliphatic carbocycles. The first-order chi connectivity index (χ1) is 5.93. The molecule has 13 heavy (non-hydrogen) atoms. The first kappa shape index (κ1) is 10.7. The molecule has 0 aromatic heterocycles. The van der Waals surface area contributed by atoms with Crippen molar-refractivity contribution in [1.29, 1.82) is 0 Å². The summed E-state index contributed by atoms with van der Waals surface area (Å²) in [6.07, 6.45) is 1.25. The van der Waals surface area contributed by atoms with E-state index in [9.17, 15) is 8.42 Å². The second-order valence-electron chi connectivity index (χ2n) is 2.99. The first-order valence-electron chi connectivity index (χ1n) is 3.86. The van der Waals surface area contributed by atoms with Crippen LogP contribution in [-0.2, 0) is 9.84 Å². The molecule has 0 heterocycles. The lowest BCUT2D eigenvalue weighted by molar-refractivity contribution is 0.592. The molecule has 4 heteroatoms. The maximum atomic E-state index is 11.3. The molecule has 0 saturated carbocycles. The normalized spacial score (nSPS) is 14.1. The summed E-state index contributed by atoms with van der Waals surface area (Å²) in [5, 5.41) is -0.455. The van der Waals surface area contributed by atoms with E-state index in [1.165, 1.54) is 6.26 Å². The van der Waals surface area contributed by atoms with Crippen molar-refractivity contribution in [1.82, 2.24) is 0 Å². The topological polar surface area (TPSA) is 34.1 Å². The largest absolute Gasteiger partial charge is 0.229 e. The summed E-state index contributed by atoms with van der Waals surface area (Å²) in [7, 11) is -3.01. The van der Waals surface area contributed by atoms with Crippen molar-refractivity contribution in [2.75, 3.05) is 6.26 Å². The van der Waals surface area contributed by atoms with E-state index in [1.807, 2.05) is 24.3 Å². The summed E-state index contributed by atoms with van der Waals surface area (Å²) < 4.78 is 23.4. The standard InChI is InChI=1S/C9H11BrO2S/c1-7(13(2,11)12)8-5-3-4-6-9(8)10/h3-7H,1-2H3. The van der Waals surface area contributed by atoms with Gasteiger partial charge in [0.1, 0.15) is 0 Å². The minimum absolute atomic E-state index is 0.455. The van der Waals surface area contributed by atoms with Gasteiger partial charge in [-0.25, -0.2) is 8.42 Å². The van der Waals surface area contributed by atoms with E-state index >= 15 is 0 Å². The van der Waals surface area contributed by atoms with Gasteiger partial charge in [-0.15, -0.1) is 0 Å². The maximum absolute atomic E-state index is 11.3. The smallest absolute Gasteiger partial charge is 0.154 e. The highest BCUT2D eigenvalue weighted by Gasteiger charge is 2.18. The Morgan fingerprint density at radius 3 is 2.31 bits per heavy atom. The Hall–Kier alpha value is -0.350. The molecule has 1 unspecified atom stereocenters. The molecule has 0 fully saturated rings. The van der Waals surface area contributed by atoms with Crippen LogP contribution in [0, 0.1) is 0 Å². The van der Waals surface area contributed by atoms with Gasteiger partial charge in [-0.05, 0) is 18.6 Å². The summed E-state index contributed by atoms with van der Waals surface area (Å²) in [5.74, 6) is 0. The number of sulfone groups is 1. The van der Waals surface area contributed by atoms with Crippen molar-refractivity contribution in [3.05, 3.63) is 34.3 Å². The monoisotopic (exact) mass is 262 g/mol. The molecule has 0 amide bonds. The number of benzene rings is 1. The van der Waals surface area contributed by atoms with Crippen molar-refractivity contribution < 1.29 is 8.42 Å². The van der Waals surface area contributed by atoms with Crippen LogP contribution in [0.4, 0.5) is 0 Å². The lowest BCUT2D eigenvalue weighted by Gasteiger charge is -2.10. The highest BCUT2D eigenvalue weighted by atomic mass is 79.9. The number of rotatable bonds is 2. The van der Waals surface area contributed by atoms with Crippen LogP contribution in [0.1, 0.15) is 17.7 Å². The first-order valence-corrected chi connectivity index (χ1v) is 6.61. The third-order valence-corrected chi connectivity index (χ3v) is 4.25. The van der Waals surface area contributed by atoms with E-state index in [2.05, 4.69) is 15.9 Å². The lowest BCUT2D eigenvalue weighted by atomic mass is 10.2. The summed E-state index contributed by atoms with van der Waals surface area (Å²) in [5.41, 5.74) is 0.810. The Bertz CT molecular complexity index is 398. The van der Waals surface area contributed by atoms with Crippen molar-refractivity contribution in [3.63, 3.8) is 0 Å². The molecular formula is C9H11BrO2S. The highest BCUT2D eigenvalue weighted by molar-refractivity contribution is 9.10. The van der Waals surface area contributed by atoms with Gasteiger partial charge in [0.25, 0.3) is 0 Å². The minimum atomic E-state index is -3.01. The molecule has 2 nitrogen and oxygen atoms in total. The van der Waals surface area contributed by atoms with Crippen LogP contribution in [-0.4, -0.2) is 14.7 Å². The fourth-order valence-electron chi connectivity index (χ4n) is 1.04. The molecule has 0 bridgehead atoms. The van der Waals surface area contributed by atoms with Gasteiger partial charge in [0.2, 0.25) is 0 Å². The number of halogens is 1. The van der Waals surface area contributed by atoms with Crippen LogP contribution >= 0.6 is 15.9 Å². The Labute approximate surface area is 87.0 Å². The van der Waals surface area contributed by atoms with Crippen LogP contribution in [0.2, 0.25) is 0 Å². The van der Waals surface area contributed by atoms with Crippen LogP contribution < -0.4 is 0 Å². The zero-order valence-corrected chi connectivity index (χ0v) is 9.89. The number of hydrogen-bond acceptors (Lipinski definition) is 2. The van der Waals surface area contributed by atoms with E-state index < -0.39 is 15.1 Å². The number of hydrogen-bond donors (Lipinski definition) is 0. The predicted octanol–water partition coefficient (Wildman–Crippen LogP) is 2.55. The third kappa shape index (κ3) is 2.54. The molecule has 0 aliphatic rings. The fraction of sp³-hybridized carbons (Fsp3) is 0.333. The Kier molecular flexibility index (Phi) is 3.14. The van der Waals surface area contributed by atoms with Crippen LogP contribution in [0.15, 0.2) is 28.7 Å². The summed E-state index contributed by atoms with van der Waals surface area (Å²) in [4.78, 5) is 0. The van der Waals surface area contributed by atoms with Crippen molar-refractivity contribution in [3.8, 4) is 0 Å². The van der Waals surface area contributed by atoms with Gasteiger partial charge in [-0.3, -0.25) is 0 Å².